The van der Waals surface area contributed by atoms with Crippen molar-refractivity contribution >= 4 is 17.6 Å². The van der Waals surface area contributed by atoms with E-state index < -0.39 is 0 Å². The molecule has 2 heterocycles. The Labute approximate surface area is 134 Å². The number of anilines is 1. The molecule has 0 radical (unpaired) electrons. The highest BCUT2D eigenvalue weighted by atomic mass is 16.5. The minimum absolute atomic E-state index is 0.106. The summed E-state index contributed by atoms with van der Waals surface area (Å²) in [6, 6.07) is 7.12. The van der Waals surface area contributed by atoms with E-state index in [0.29, 0.717) is 11.3 Å². The van der Waals surface area contributed by atoms with Crippen LogP contribution in [0.3, 0.4) is 0 Å². The van der Waals surface area contributed by atoms with Crippen LogP contribution >= 0.6 is 0 Å². The van der Waals surface area contributed by atoms with Gasteiger partial charge in [0.1, 0.15) is 0 Å². The molecular formula is C18H18N2O3. The third-order valence-electron chi connectivity index (χ3n) is 4.30. The summed E-state index contributed by atoms with van der Waals surface area (Å²) in [7, 11) is 1.36. The number of esters is 1. The van der Waals surface area contributed by atoms with Gasteiger partial charge in [0, 0.05) is 11.8 Å². The minimum Gasteiger partial charge on any atom is -0.469 e. The van der Waals surface area contributed by atoms with Gasteiger partial charge in [-0.25, -0.2) is 0 Å². The molecule has 0 bridgehead atoms. The van der Waals surface area contributed by atoms with Gasteiger partial charge in [0.05, 0.1) is 31.5 Å². The largest absolute Gasteiger partial charge is 0.469 e. The lowest BCUT2D eigenvalue weighted by molar-refractivity contribution is -0.141. The van der Waals surface area contributed by atoms with Crippen molar-refractivity contribution in [3.05, 3.63) is 58.9 Å². The van der Waals surface area contributed by atoms with Gasteiger partial charge in [-0.1, -0.05) is 6.07 Å². The van der Waals surface area contributed by atoms with Gasteiger partial charge >= 0.3 is 5.97 Å². The van der Waals surface area contributed by atoms with Crippen molar-refractivity contribution in [2.24, 2.45) is 0 Å². The molecule has 1 aromatic carbocycles. The third kappa shape index (κ3) is 2.59. The average molecular weight is 310 g/mol. The van der Waals surface area contributed by atoms with E-state index in [4.69, 9.17) is 4.74 Å². The lowest BCUT2D eigenvalue weighted by Gasteiger charge is -2.24. The summed E-state index contributed by atoms with van der Waals surface area (Å²) in [6.07, 6.45) is 3.40. The molecule has 1 aromatic heterocycles. The Hall–Kier alpha value is -2.69. The predicted octanol–water partition coefficient (Wildman–Crippen LogP) is 2.96. The monoisotopic (exact) mass is 310 g/mol. The van der Waals surface area contributed by atoms with Crippen LogP contribution < -0.4 is 4.90 Å². The van der Waals surface area contributed by atoms with E-state index in [1.54, 1.807) is 23.4 Å². The van der Waals surface area contributed by atoms with E-state index in [1.807, 2.05) is 32.0 Å². The first-order valence-electron chi connectivity index (χ1n) is 7.44. The Morgan fingerprint density at radius 2 is 2.04 bits per heavy atom. The standard InChI is InChI=1S/C18H18N2O3/c1-11-7-14-15(8-12(11)2)18(22)20(13-5-4-6-19-10-13)16(14)9-17(21)23-3/h4-8,10,16H,9H2,1-3H3. The van der Waals surface area contributed by atoms with E-state index in [-0.39, 0.29) is 24.3 Å². The highest BCUT2D eigenvalue weighted by Gasteiger charge is 2.39. The second-order valence-electron chi connectivity index (χ2n) is 5.71. The molecule has 1 unspecified atom stereocenters. The lowest BCUT2D eigenvalue weighted by Crippen LogP contribution is -2.29. The number of carbonyl (C=O) groups is 2. The van der Waals surface area contributed by atoms with Crippen molar-refractivity contribution in [1.82, 2.24) is 4.98 Å². The highest BCUT2D eigenvalue weighted by molar-refractivity contribution is 6.11. The van der Waals surface area contributed by atoms with Crippen LogP contribution in [0.2, 0.25) is 0 Å². The summed E-state index contributed by atoms with van der Waals surface area (Å²) >= 11 is 0. The number of amides is 1. The molecule has 5 heteroatoms. The fourth-order valence-electron chi connectivity index (χ4n) is 2.95. The molecular weight excluding hydrogens is 292 g/mol. The molecule has 3 rings (SSSR count). The Bertz CT molecular complexity index is 771. The number of nitrogens with zero attached hydrogens (tertiary/aromatic N) is 2. The SMILES string of the molecule is COC(=O)CC1c2cc(C)c(C)cc2C(=O)N1c1cccnc1. The van der Waals surface area contributed by atoms with Crippen LogP contribution in [0.4, 0.5) is 5.69 Å². The number of fused-ring (bicyclic) bond motifs is 1. The first-order valence-corrected chi connectivity index (χ1v) is 7.44. The van der Waals surface area contributed by atoms with Gasteiger partial charge in [0.25, 0.3) is 5.91 Å². The maximum atomic E-state index is 12.9. The van der Waals surface area contributed by atoms with Crippen molar-refractivity contribution in [2.45, 2.75) is 26.3 Å². The van der Waals surface area contributed by atoms with Crippen molar-refractivity contribution in [2.75, 3.05) is 12.0 Å². The van der Waals surface area contributed by atoms with Gasteiger partial charge in [0.2, 0.25) is 0 Å². The van der Waals surface area contributed by atoms with Crippen LogP contribution in [0.25, 0.3) is 0 Å². The molecule has 0 spiro atoms. The van der Waals surface area contributed by atoms with E-state index in [9.17, 15) is 9.59 Å². The van der Waals surface area contributed by atoms with Crippen molar-refractivity contribution in [1.29, 1.82) is 0 Å². The number of methoxy groups -OCH3 is 1. The quantitative estimate of drug-likeness (QED) is 0.818. The van der Waals surface area contributed by atoms with Gasteiger partial charge in [0.15, 0.2) is 0 Å². The Morgan fingerprint density at radius 3 is 2.70 bits per heavy atom. The number of aryl methyl sites for hydroxylation is 2. The molecule has 1 aliphatic heterocycles. The number of rotatable bonds is 3. The van der Waals surface area contributed by atoms with Crippen LogP contribution in [0, 0.1) is 13.8 Å². The van der Waals surface area contributed by atoms with Crippen LogP contribution in [-0.2, 0) is 9.53 Å². The maximum Gasteiger partial charge on any atom is 0.307 e. The molecule has 5 nitrogen and oxygen atoms in total. The summed E-state index contributed by atoms with van der Waals surface area (Å²) in [6.45, 7) is 3.98. The van der Waals surface area contributed by atoms with Crippen molar-refractivity contribution in [3.8, 4) is 0 Å². The summed E-state index contributed by atoms with van der Waals surface area (Å²) in [5.74, 6) is -0.451. The smallest absolute Gasteiger partial charge is 0.307 e. The molecule has 0 fully saturated rings. The van der Waals surface area contributed by atoms with Gasteiger partial charge in [-0.2, -0.15) is 0 Å². The zero-order valence-corrected chi connectivity index (χ0v) is 13.4. The van der Waals surface area contributed by atoms with E-state index in [2.05, 4.69) is 4.98 Å². The van der Waals surface area contributed by atoms with E-state index in [1.165, 1.54) is 7.11 Å². The second-order valence-corrected chi connectivity index (χ2v) is 5.71. The molecule has 1 amide bonds. The first-order chi connectivity index (χ1) is 11.0. The molecule has 0 aliphatic carbocycles. The molecule has 118 valence electrons. The number of hydrogen-bond acceptors (Lipinski definition) is 4. The number of benzene rings is 1. The molecule has 23 heavy (non-hydrogen) atoms. The van der Waals surface area contributed by atoms with Gasteiger partial charge in [-0.05, 0) is 48.7 Å². The number of carbonyl (C=O) groups excluding carboxylic acids is 2. The van der Waals surface area contributed by atoms with Gasteiger partial charge in [-0.3, -0.25) is 19.5 Å². The normalized spacial score (nSPS) is 16.4. The minimum atomic E-state index is -0.367. The Morgan fingerprint density at radius 1 is 1.30 bits per heavy atom. The average Bonchev–Trinajstić information content (AvgIpc) is 2.81. The first kappa shape index (κ1) is 15.2. The van der Waals surface area contributed by atoms with Crippen LogP contribution in [0.15, 0.2) is 36.7 Å². The summed E-state index contributed by atoms with van der Waals surface area (Å²) in [4.78, 5) is 30.4. The van der Waals surface area contributed by atoms with Crippen LogP contribution in [0.5, 0.6) is 0 Å². The van der Waals surface area contributed by atoms with Crippen molar-refractivity contribution in [3.63, 3.8) is 0 Å². The molecule has 0 N–H and O–H groups in total. The topological polar surface area (TPSA) is 59.5 Å². The summed E-state index contributed by atoms with van der Waals surface area (Å²) in [5.41, 5.74) is 4.34. The predicted molar refractivity (Wildman–Crippen MR) is 86.3 cm³/mol. The molecule has 0 saturated heterocycles. The third-order valence-corrected chi connectivity index (χ3v) is 4.30. The fourth-order valence-corrected chi connectivity index (χ4v) is 2.95. The second kappa shape index (κ2) is 5.83. The molecule has 1 atom stereocenters. The zero-order chi connectivity index (χ0) is 16.6. The Balaban J connectivity index is 2.12. The number of aromatic nitrogens is 1. The Kier molecular flexibility index (Phi) is 3.86. The zero-order valence-electron chi connectivity index (χ0n) is 13.4. The van der Waals surface area contributed by atoms with E-state index in [0.717, 1.165) is 16.7 Å². The fraction of sp³-hybridized carbons (Fsp3) is 0.278. The molecule has 1 aliphatic rings. The molecule has 0 saturated carbocycles. The van der Waals surface area contributed by atoms with Crippen LogP contribution in [0.1, 0.15) is 39.5 Å². The van der Waals surface area contributed by atoms with Gasteiger partial charge in [-0.15, -0.1) is 0 Å². The molecule has 2 aromatic rings. The summed E-state index contributed by atoms with van der Waals surface area (Å²) < 4.78 is 4.81. The van der Waals surface area contributed by atoms with E-state index >= 15 is 0 Å². The highest BCUT2D eigenvalue weighted by Crippen LogP contribution is 2.40. The van der Waals surface area contributed by atoms with Crippen molar-refractivity contribution < 1.29 is 14.3 Å². The maximum absolute atomic E-state index is 12.9. The lowest BCUT2D eigenvalue weighted by atomic mass is 9.96. The van der Waals surface area contributed by atoms with Gasteiger partial charge < -0.3 is 4.74 Å². The number of ether oxygens (including phenoxy) is 1. The number of pyridine rings is 1. The summed E-state index contributed by atoms with van der Waals surface area (Å²) in [5, 5.41) is 0. The number of hydrogen-bond donors (Lipinski definition) is 0. The van der Waals surface area contributed by atoms with Crippen LogP contribution in [-0.4, -0.2) is 24.0 Å².